The van der Waals surface area contributed by atoms with Crippen molar-refractivity contribution < 1.29 is 26.4 Å². The summed E-state index contributed by atoms with van der Waals surface area (Å²) in [7, 11) is -6.87. The number of piperidine rings is 2. The lowest BCUT2D eigenvalue weighted by molar-refractivity contribution is -0.156. The summed E-state index contributed by atoms with van der Waals surface area (Å²) in [6.07, 6.45) is 9.78. The molecule has 2 saturated heterocycles. The third-order valence-corrected chi connectivity index (χ3v) is 20.8. The number of carbonyl (C=O) groups excluding carboxylic acids is 2. The average molecular weight is 1130 g/mol. The molecule has 10 atom stereocenters. The lowest BCUT2D eigenvalue weighted by Crippen LogP contribution is -2.60. The van der Waals surface area contributed by atoms with Crippen LogP contribution in [-0.2, 0) is 29.6 Å². The van der Waals surface area contributed by atoms with Gasteiger partial charge in [-0.15, -0.1) is 13.2 Å². The summed E-state index contributed by atoms with van der Waals surface area (Å²) in [5.41, 5.74) is 2.61. The summed E-state index contributed by atoms with van der Waals surface area (Å²) in [6.45, 7) is 19.6. The fourth-order valence-electron chi connectivity index (χ4n) is 11.7. The normalized spacial score (nSPS) is 26.1. The molecular weight excluding hydrogens is 1050 g/mol. The van der Waals surface area contributed by atoms with Crippen LogP contribution in [0.15, 0.2) is 122 Å². The van der Waals surface area contributed by atoms with E-state index < -0.39 is 43.0 Å². The third-order valence-electron chi connectivity index (χ3n) is 15.7. The van der Waals surface area contributed by atoms with Crippen molar-refractivity contribution in [1.82, 2.24) is 19.2 Å². The highest BCUT2D eigenvalue weighted by Gasteiger charge is 2.54. The molecule has 4 aromatic carbocycles. The molecule has 74 heavy (non-hydrogen) atoms. The number of rotatable bonds is 20. The van der Waals surface area contributed by atoms with E-state index in [1.54, 1.807) is 12.2 Å². The fourth-order valence-corrected chi connectivity index (χ4v) is 15.6. The maximum atomic E-state index is 14.4. The standard InChI is InChI=1S/2C29H36Cl2N2O3S/c2*1-5-16-29(4)18-25(21-8-7-9-23(31)17-21)27(20-10-12-22(30)13-11-20)33(28(29)34)26(6-2)19(3)32-37(35,36)24-14-15-24/h2*5,7-13,17,19,24-27,32H,1,6,14-16,18H2,2-4H3/t19-,25+,26-,27+,29-;19-,25-,26+,27-,29+/m01/s1. The summed E-state index contributed by atoms with van der Waals surface area (Å²) in [5.74, 6) is -0.113. The van der Waals surface area contributed by atoms with Gasteiger partial charge in [0.15, 0.2) is 0 Å². The quantitative estimate of drug-likeness (QED) is 0.0847. The van der Waals surface area contributed by atoms with Crippen LogP contribution in [0.2, 0.25) is 20.1 Å². The van der Waals surface area contributed by atoms with E-state index in [9.17, 15) is 26.4 Å². The van der Waals surface area contributed by atoms with Crippen molar-refractivity contribution in [3.05, 3.63) is 165 Å². The zero-order chi connectivity index (χ0) is 53.9. The van der Waals surface area contributed by atoms with Gasteiger partial charge in [-0.2, -0.15) is 0 Å². The van der Waals surface area contributed by atoms with Gasteiger partial charge in [0.1, 0.15) is 0 Å². The van der Waals surface area contributed by atoms with Gasteiger partial charge in [-0.1, -0.05) is 135 Å². The second-order valence-electron chi connectivity index (χ2n) is 21.5. The molecule has 8 rings (SSSR count). The van der Waals surface area contributed by atoms with Crippen LogP contribution in [0.1, 0.15) is 152 Å². The molecule has 2 heterocycles. The molecule has 2 aliphatic carbocycles. The Labute approximate surface area is 460 Å². The number of amides is 2. The molecular formula is C58H72Cl4N4O6S2. The van der Waals surface area contributed by atoms with Crippen LogP contribution >= 0.6 is 46.4 Å². The number of nitrogens with zero attached hydrogens (tertiary/aromatic N) is 2. The molecule has 0 bridgehead atoms. The van der Waals surface area contributed by atoms with Crippen molar-refractivity contribution in [1.29, 1.82) is 0 Å². The van der Waals surface area contributed by atoms with Gasteiger partial charge >= 0.3 is 0 Å². The molecule has 0 radical (unpaired) electrons. The molecule has 2 saturated carbocycles. The molecule has 4 aromatic rings. The van der Waals surface area contributed by atoms with Crippen molar-refractivity contribution in [2.24, 2.45) is 10.8 Å². The lowest BCUT2D eigenvalue weighted by Gasteiger charge is -2.53. The highest BCUT2D eigenvalue weighted by atomic mass is 35.5. The zero-order valence-corrected chi connectivity index (χ0v) is 48.0. The van der Waals surface area contributed by atoms with Crippen molar-refractivity contribution in [3.8, 4) is 0 Å². The van der Waals surface area contributed by atoms with Gasteiger partial charge in [-0.25, -0.2) is 26.3 Å². The molecule has 0 spiro atoms. The van der Waals surface area contributed by atoms with Crippen molar-refractivity contribution in [2.45, 2.75) is 164 Å². The van der Waals surface area contributed by atoms with Crippen LogP contribution in [0.5, 0.6) is 0 Å². The van der Waals surface area contributed by atoms with E-state index in [4.69, 9.17) is 46.4 Å². The average Bonchev–Trinajstić information content (AvgIpc) is 4.27. The first-order chi connectivity index (χ1) is 35.0. The number of benzene rings is 4. The molecule has 16 heteroatoms. The Morgan fingerprint density at radius 3 is 1.19 bits per heavy atom. The molecule has 0 unspecified atom stereocenters. The molecule has 10 nitrogen and oxygen atoms in total. The molecule has 2 amide bonds. The predicted octanol–water partition coefficient (Wildman–Crippen LogP) is 13.8. The Morgan fingerprint density at radius 2 is 0.905 bits per heavy atom. The maximum Gasteiger partial charge on any atom is 0.229 e. The summed E-state index contributed by atoms with van der Waals surface area (Å²) in [6, 6.07) is 28.6. The number of allylic oxidation sites excluding steroid dienone is 2. The van der Waals surface area contributed by atoms with Crippen LogP contribution in [0.25, 0.3) is 0 Å². The van der Waals surface area contributed by atoms with E-state index >= 15 is 0 Å². The minimum absolute atomic E-state index is 0.00921. The van der Waals surface area contributed by atoms with Crippen LogP contribution in [-0.4, -0.2) is 73.1 Å². The summed E-state index contributed by atoms with van der Waals surface area (Å²) >= 11 is 25.3. The third kappa shape index (κ3) is 13.0. The van der Waals surface area contributed by atoms with Gasteiger partial charge in [-0.3, -0.25) is 9.59 Å². The van der Waals surface area contributed by atoms with Crippen LogP contribution in [0.4, 0.5) is 0 Å². The van der Waals surface area contributed by atoms with Gasteiger partial charge in [0.25, 0.3) is 0 Å². The van der Waals surface area contributed by atoms with Gasteiger partial charge in [0, 0.05) is 56.1 Å². The van der Waals surface area contributed by atoms with E-state index in [1.165, 1.54) is 0 Å². The fraction of sp³-hybridized carbons (Fsp3) is 0.483. The summed E-state index contributed by atoms with van der Waals surface area (Å²) in [4.78, 5) is 32.7. The van der Waals surface area contributed by atoms with Gasteiger partial charge < -0.3 is 9.80 Å². The van der Waals surface area contributed by atoms with Crippen molar-refractivity contribution in [2.75, 3.05) is 0 Å². The monoisotopic (exact) mass is 1120 g/mol. The van der Waals surface area contributed by atoms with E-state index in [-0.39, 0.29) is 58.3 Å². The second-order valence-corrected chi connectivity index (χ2v) is 27.2. The zero-order valence-electron chi connectivity index (χ0n) is 43.3. The van der Waals surface area contributed by atoms with E-state index in [0.29, 0.717) is 84.3 Å². The molecule has 4 fully saturated rings. The number of halogens is 4. The largest absolute Gasteiger partial charge is 0.330 e. The molecule has 4 aliphatic rings. The van der Waals surface area contributed by atoms with Gasteiger partial charge in [0.05, 0.1) is 33.4 Å². The Kier molecular flexibility index (Phi) is 18.7. The molecule has 0 aromatic heterocycles. The second kappa shape index (κ2) is 23.9. The van der Waals surface area contributed by atoms with Gasteiger partial charge in [0.2, 0.25) is 31.9 Å². The minimum Gasteiger partial charge on any atom is -0.330 e. The summed E-state index contributed by atoms with van der Waals surface area (Å²) in [5, 5.41) is 1.85. The number of hydrogen-bond acceptors (Lipinski definition) is 6. The summed E-state index contributed by atoms with van der Waals surface area (Å²) < 4.78 is 57.3. The van der Waals surface area contributed by atoms with Crippen LogP contribution in [0.3, 0.4) is 0 Å². The number of sulfonamides is 2. The number of nitrogens with one attached hydrogen (secondary N) is 2. The lowest BCUT2D eigenvalue weighted by atomic mass is 9.67. The Hall–Kier alpha value is -3.72. The maximum absolute atomic E-state index is 14.4. The highest BCUT2D eigenvalue weighted by Crippen LogP contribution is 2.54. The number of hydrogen-bond donors (Lipinski definition) is 2. The van der Waals surface area contributed by atoms with Crippen LogP contribution < -0.4 is 9.44 Å². The van der Waals surface area contributed by atoms with Crippen molar-refractivity contribution in [3.63, 3.8) is 0 Å². The van der Waals surface area contributed by atoms with Gasteiger partial charge in [-0.05, 0) is 149 Å². The Bertz CT molecular complexity index is 2690. The first kappa shape index (κ1) is 58.0. The smallest absolute Gasteiger partial charge is 0.229 e. The first-order valence-corrected chi connectivity index (χ1v) is 30.5. The Balaban J connectivity index is 0.000000216. The minimum atomic E-state index is -3.43. The first-order valence-electron chi connectivity index (χ1n) is 25.9. The van der Waals surface area contributed by atoms with E-state index in [0.717, 1.165) is 22.3 Å². The van der Waals surface area contributed by atoms with E-state index in [1.807, 2.05) is 136 Å². The molecule has 2 N–H and O–H groups in total. The highest BCUT2D eigenvalue weighted by molar-refractivity contribution is 7.90. The Morgan fingerprint density at radius 1 is 0.568 bits per heavy atom. The number of carbonyl (C=O) groups is 2. The van der Waals surface area contributed by atoms with Crippen LogP contribution in [0, 0.1) is 10.8 Å². The number of likely N-dealkylation sites (tertiary alicyclic amines) is 2. The SMILES string of the molecule is C=CC[C@@]1(C)C[C@H](c2cccc(Cl)c2)[C@@H](c2ccc(Cl)cc2)N([C@@H](CC)[C@@H](C)NS(=O)(=O)C2CC2)C1=O.C=CC[C@@]1(C)C[C@H](c2cccc(Cl)c2)[C@@H](c2ccc(Cl)cc2)N([C@@H](CC)[C@H](C)NS(=O)(=O)C2CC2)C1=O. The molecule has 2 aliphatic heterocycles. The predicted molar refractivity (Wildman–Crippen MR) is 303 cm³/mol. The molecule has 400 valence electrons. The van der Waals surface area contributed by atoms with E-state index in [2.05, 4.69) is 34.7 Å². The van der Waals surface area contributed by atoms with Crippen molar-refractivity contribution >= 4 is 78.3 Å². The topological polar surface area (TPSA) is 133 Å².